The molecule has 2 unspecified atom stereocenters. The summed E-state index contributed by atoms with van der Waals surface area (Å²) >= 11 is 0. The molecule has 2 aliphatic rings. The van der Waals surface area contributed by atoms with Gasteiger partial charge in [0, 0.05) is 0 Å². The topological polar surface area (TPSA) is 0 Å². The molecule has 0 heterocycles. The van der Waals surface area contributed by atoms with E-state index in [0.29, 0.717) is 0 Å². The van der Waals surface area contributed by atoms with Gasteiger partial charge in [0.2, 0.25) is 0 Å². The van der Waals surface area contributed by atoms with Crippen LogP contribution >= 0.6 is 0 Å². The molecule has 1 aromatic rings. The number of hydrogen-bond acceptors (Lipinski definition) is 0. The zero-order valence-corrected chi connectivity index (χ0v) is 11.7. The Labute approximate surface area is 124 Å². The minimum Gasteiger partial charge on any atom is -0.310 e. The maximum absolute atomic E-state index is 2.32. The van der Waals surface area contributed by atoms with E-state index >= 15 is 0 Å². The van der Waals surface area contributed by atoms with E-state index < -0.39 is 0 Å². The van der Waals surface area contributed by atoms with Gasteiger partial charge in [0.05, 0.1) is 0 Å². The van der Waals surface area contributed by atoms with Crippen LogP contribution in [0.1, 0.15) is 62.8 Å². The molecule has 1 heteroatoms. The Morgan fingerprint density at radius 2 is 1.72 bits per heavy atom. The van der Waals surface area contributed by atoms with Gasteiger partial charge < -0.3 is 5.92 Å². The minimum absolute atomic E-state index is 0. The largest absolute Gasteiger partial charge is 1.00 e. The van der Waals surface area contributed by atoms with Gasteiger partial charge in [0.1, 0.15) is 0 Å². The molecule has 2 fully saturated rings. The van der Waals surface area contributed by atoms with Crippen LogP contribution in [0.15, 0.2) is 30.3 Å². The van der Waals surface area contributed by atoms with Gasteiger partial charge in [0.25, 0.3) is 0 Å². The average Bonchev–Trinajstić information content (AvgIpc) is 2.73. The summed E-state index contributed by atoms with van der Waals surface area (Å²) in [4.78, 5) is 0. The predicted octanol–water partition coefficient (Wildman–Crippen LogP) is 2.11. The summed E-state index contributed by atoms with van der Waals surface area (Å²) in [6, 6.07) is 11.2. The van der Waals surface area contributed by atoms with Crippen LogP contribution < -0.4 is 18.9 Å². The molecule has 0 aromatic heterocycles. The third kappa shape index (κ3) is 3.22. The maximum Gasteiger partial charge on any atom is 1.00 e. The summed E-state index contributed by atoms with van der Waals surface area (Å²) in [6.07, 6.45) is 11.6. The second-order valence-electron chi connectivity index (χ2n) is 5.86. The minimum atomic E-state index is 0. The van der Waals surface area contributed by atoms with E-state index in [1.165, 1.54) is 51.4 Å². The summed E-state index contributed by atoms with van der Waals surface area (Å²) in [5, 5.41) is 0. The third-order valence-corrected chi connectivity index (χ3v) is 4.73. The molecule has 1 aromatic carbocycles. The zero-order valence-electron chi connectivity index (χ0n) is 11.7. The molecule has 2 saturated carbocycles. The molecule has 0 aliphatic heterocycles. The first-order valence-corrected chi connectivity index (χ1v) is 7.33. The van der Waals surface area contributed by atoms with Crippen LogP contribution in [-0.2, 0) is 0 Å². The maximum atomic E-state index is 2.32. The average molecular weight is 234 g/mol. The summed E-state index contributed by atoms with van der Waals surface area (Å²) in [5.74, 6) is 3.69. The normalized spacial score (nSPS) is 28.9. The molecule has 0 radical (unpaired) electrons. The van der Waals surface area contributed by atoms with E-state index in [4.69, 9.17) is 0 Å². The van der Waals surface area contributed by atoms with Gasteiger partial charge in [0.15, 0.2) is 0 Å². The van der Waals surface area contributed by atoms with Crippen molar-refractivity contribution < 1.29 is 18.9 Å². The number of fused-ring (bicyclic) bond motifs is 1. The van der Waals surface area contributed by atoms with Gasteiger partial charge in [-0.25, -0.2) is 0 Å². The second kappa shape index (κ2) is 6.83. The molecule has 0 spiro atoms. The van der Waals surface area contributed by atoms with E-state index in [1.807, 2.05) is 5.92 Å². The molecule has 2 atom stereocenters. The monoisotopic (exact) mass is 234 g/mol. The fourth-order valence-electron chi connectivity index (χ4n) is 3.78. The third-order valence-electron chi connectivity index (χ3n) is 4.73. The Morgan fingerprint density at radius 1 is 0.944 bits per heavy atom. The predicted molar refractivity (Wildman–Crippen MR) is 72.9 cm³/mol. The van der Waals surface area contributed by atoms with E-state index in [0.717, 1.165) is 11.8 Å². The molecule has 92 valence electrons. The van der Waals surface area contributed by atoms with Crippen molar-refractivity contribution in [2.24, 2.45) is 5.92 Å². The number of benzene rings is 1. The molecule has 0 N–H and O–H groups in total. The fourth-order valence-corrected chi connectivity index (χ4v) is 3.78. The van der Waals surface area contributed by atoms with Gasteiger partial charge in [-0.3, -0.25) is 0 Å². The van der Waals surface area contributed by atoms with Crippen molar-refractivity contribution in [1.29, 1.82) is 0 Å². The molecule has 0 nitrogen and oxygen atoms in total. The summed E-state index contributed by atoms with van der Waals surface area (Å²) in [5.41, 5.74) is 1.58. The van der Waals surface area contributed by atoms with Crippen molar-refractivity contribution in [3.8, 4) is 0 Å². The summed E-state index contributed by atoms with van der Waals surface area (Å²) < 4.78 is 0. The van der Waals surface area contributed by atoms with Crippen LogP contribution in [0.3, 0.4) is 0 Å². The van der Waals surface area contributed by atoms with Crippen molar-refractivity contribution >= 4 is 0 Å². The van der Waals surface area contributed by atoms with Gasteiger partial charge in [-0.15, -0.1) is 0 Å². The van der Waals surface area contributed by atoms with Gasteiger partial charge in [-0.1, -0.05) is 68.9 Å². The Hall–Kier alpha value is -0.183. The first-order chi connectivity index (χ1) is 8.43. The summed E-state index contributed by atoms with van der Waals surface area (Å²) in [7, 11) is 0. The van der Waals surface area contributed by atoms with Crippen LogP contribution in [0.4, 0.5) is 0 Å². The van der Waals surface area contributed by atoms with E-state index in [1.54, 1.807) is 5.56 Å². The van der Waals surface area contributed by atoms with Crippen molar-refractivity contribution in [2.75, 3.05) is 0 Å². The SMILES string of the molecule is [Li+].c1ccc(C2C[C-]3CCCCCCC3C2)cc1. The first kappa shape index (κ1) is 14.2. The van der Waals surface area contributed by atoms with E-state index in [-0.39, 0.29) is 18.9 Å². The standard InChI is InChI=1S/C17H23.Li/c1-2-5-11-16-13-17(12-15(16)10-4-1)14-8-6-3-7-9-14;/h3,6-9,15,17H,1-2,4-5,10-13H2;/q-1;+1. The number of rotatable bonds is 1. The van der Waals surface area contributed by atoms with Crippen LogP contribution in [-0.4, -0.2) is 0 Å². The fraction of sp³-hybridized carbons (Fsp3) is 0.588. The molecule has 18 heavy (non-hydrogen) atoms. The Bertz CT molecular complexity index is 330. The Balaban J connectivity index is 0.00000120. The number of hydrogen-bond donors (Lipinski definition) is 0. The van der Waals surface area contributed by atoms with Crippen molar-refractivity contribution in [3.63, 3.8) is 0 Å². The summed E-state index contributed by atoms with van der Waals surface area (Å²) in [6.45, 7) is 0. The van der Waals surface area contributed by atoms with Crippen molar-refractivity contribution in [2.45, 2.75) is 57.3 Å². The molecular weight excluding hydrogens is 211 g/mol. The van der Waals surface area contributed by atoms with Gasteiger partial charge in [-0.2, -0.15) is 18.8 Å². The van der Waals surface area contributed by atoms with Crippen molar-refractivity contribution in [3.05, 3.63) is 41.8 Å². The van der Waals surface area contributed by atoms with Crippen LogP contribution in [0.2, 0.25) is 0 Å². The van der Waals surface area contributed by atoms with E-state index in [9.17, 15) is 0 Å². The molecule has 0 saturated heterocycles. The molecule has 3 rings (SSSR count). The van der Waals surface area contributed by atoms with E-state index in [2.05, 4.69) is 30.3 Å². The van der Waals surface area contributed by atoms with Gasteiger partial charge in [-0.05, 0) is 11.5 Å². The van der Waals surface area contributed by atoms with Crippen LogP contribution in [0.25, 0.3) is 0 Å². The Morgan fingerprint density at radius 3 is 2.56 bits per heavy atom. The first-order valence-electron chi connectivity index (χ1n) is 7.33. The van der Waals surface area contributed by atoms with Gasteiger partial charge >= 0.3 is 18.9 Å². The molecule has 0 amide bonds. The molecular formula is C17H23Li. The second-order valence-corrected chi connectivity index (χ2v) is 5.86. The van der Waals surface area contributed by atoms with Crippen LogP contribution in [0.5, 0.6) is 0 Å². The molecule has 0 bridgehead atoms. The quantitative estimate of drug-likeness (QED) is 0.516. The van der Waals surface area contributed by atoms with Crippen molar-refractivity contribution in [1.82, 2.24) is 0 Å². The molecule has 2 aliphatic carbocycles. The van der Waals surface area contributed by atoms with Crippen LogP contribution in [0, 0.1) is 11.8 Å². The smallest absolute Gasteiger partial charge is 0.310 e. The zero-order chi connectivity index (χ0) is 11.5. The Kier molecular flexibility index (Phi) is 5.40.